The molecule has 0 aliphatic carbocycles. The van der Waals surface area contributed by atoms with Gasteiger partial charge in [-0.2, -0.15) is 5.10 Å². The molecule has 98 valence electrons. The lowest BCUT2D eigenvalue weighted by molar-refractivity contribution is -0.384. The number of hydrogen-bond acceptors (Lipinski definition) is 4. The summed E-state index contributed by atoms with van der Waals surface area (Å²) in [5.74, 6) is -0.307. The summed E-state index contributed by atoms with van der Waals surface area (Å²) in [5.41, 5.74) is 0.916. The molecule has 0 aliphatic heterocycles. The van der Waals surface area contributed by atoms with Crippen LogP contribution in [0.1, 0.15) is 10.5 Å². The Labute approximate surface area is 121 Å². The monoisotopic (exact) mass is 372 g/mol. The summed E-state index contributed by atoms with van der Waals surface area (Å²) in [6, 6.07) is 5.65. The van der Waals surface area contributed by atoms with Crippen molar-refractivity contribution in [3.63, 3.8) is 0 Å². The minimum atomic E-state index is -0.490. The summed E-state index contributed by atoms with van der Waals surface area (Å²) >= 11 is 2.02. The van der Waals surface area contributed by atoms with Gasteiger partial charge in [-0.15, -0.1) is 0 Å². The maximum atomic E-state index is 12.0. The Bertz CT molecular complexity index is 616. The molecule has 0 bridgehead atoms. The number of nitrogens with one attached hydrogen (secondary N) is 1. The van der Waals surface area contributed by atoms with E-state index in [9.17, 15) is 14.9 Å². The second-order valence-corrected chi connectivity index (χ2v) is 4.89. The van der Waals surface area contributed by atoms with Crippen LogP contribution in [0.3, 0.4) is 0 Å². The Morgan fingerprint density at radius 1 is 1.42 bits per heavy atom. The third-order valence-corrected chi connectivity index (χ3v) is 3.23. The quantitative estimate of drug-likeness (QED) is 0.508. The minimum absolute atomic E-state index is 0.0203. The number of carbonyl (C=O) groups is 1. The van der Waals surface area contributed by atoms with Gasteiger partial charge in [0.05, 0.1) is 14.7 Å². The number of aromatic nitrogens is 2. The van der Waals surface area contributed by atoms with Crippen LogP contribution in [0.4, 0.5) is 11.4 Å². The molecule has 0 aliphatic rings. The maximum Gasteiger partial charge on any atom is 0.275 e. The van der Waals surface area contributed by atoms with Crippen molar-refractivity contribution >= 4 is 39.9 Å². The summed E-state index contributed by atoms with van der Waals surface area (Å²) < 4.78 is 2.21. The number of nitrogens with zero attached hydrogens (tertiary/aromatic N) is 3. The van der Waals surface area contributed by atoms with Crippen LogP contribution in [-0.2, 0) is 7.05 Å². The van der Waals surface area contributed by atoms with Gasteiger partial charge in [0, 0.05) is 24.9 Å². The Balaban J connectivity index is 2.17. The van der Waals surface area contributed by atoms with Gasteiger partial charge in [0.15, 0.2) is 0 Å². The Hall–Kier alpha value is -1.97. The van der Waals surface area contributed by atoms with E-state index < -0.39 is 4.92 Å². The van der Waals surface area contributed by atoms with E-state index >= 15 is 0 Å². The summed E-state index contributed by atoms with van der Waals surface area (Å²) in [6.45, 7) is 0. The molecule has 0 atom stereocenters. The lowest BCUT2D eigenvalue weighted by Gasteiger charge is -2.05. The van der Waals surface area contributed by atoms with E-state index in [0.29, 0.717) is 11.4 Å². The van der Waals surface area contributed by atoms with Crippen LogP contribution in [0, 0.1) is 13.7 Å². The highest BCUT2D eigenvalue weighted by atomic mass is 127. The number of non-ortho nitro benzene ring substituents is 1. The van der Waals surface area contributed by atoms with Crippen molar-refractivity contribution in [1.29, 1.82) is 0 Å². The number of amides is 1. The van der Waals surface area contributed by atoms with Crippen molar-refractivity contribution in [3.8, 4) is 0 Å². The van der Waals surface area contributed by atoms with Crippen LogP contribution >= 0.6 is 22.6 Å². The van der Waals surface area contributed by atoms with Crippen LogP contribution in [0.25, 0.3) is 0 Å². The van der Waals surface area contributed by atoms with E-state index in [-0.39, 0.29) is 11.6 Å². The van der Waals surface area contributed by atoms with Crippen LogP contribution in [0.5, 0.6) is 0 Å². The third-order valence-electron chi connectivity index (χ3n) is 2.45. The molecule has 0 radical (unpaired) electrons. The van der Waals surface area contributed by atoms with Crippen LogP contribution in [0.2, 0.25) is 0 Å². The number of halogens is 1. The standard InChI is InChI=1S/C11H9IN4O3/c1-15-10(9(12)6-13-15)11(17)14-7-2-4-8(5-3-7)16(18)19/h2-6H,1H3,(H,14,17). The van der Waals surface area contributed by atoms with Gasteiger partial charge < -0.3 is 5.32 Å². The number of nitro benzene ring substituents is 1. The molecule has 1 heterocycles. The third kappa shape index (κ3) is 2.89. The van der Waals surface area contributed by atoms with Gasteiger partial charge in [0.2, 0.25) is 0 Å². The highest BCUT2D eigenvalue weighted by Crippen LogP contribution is 2.17. The van der Waals surface area contributed by atoms with Crippen molar-refractivity contribution in [2.75, 3.05) is 5.32 Å². The highest BCUT2D eigenvalue weighted by Gasteiger charge is 2.15. The van der Waals surface area contributed by atoms with Gasteiger partial charge in [0.25, 0.3) is 11.6 Å². The van der Waals surface area contributed by atoms with E-state index in [1.165, 1.54) is 28.9 Å². The van der Waals surface area contributed by atoms with Gasteiger partial charge in [-0.25, -0.2) is 0 Å². The molecule has 2 rings (SSSR count). The molecule has 0 spiro atoms. The Morgan fingerprint density at radius 2 is 2.05 bits per heavy atom. The van der Waals surface area contributed by atoms with Crippen LogP contribution in [-0.4, -0.2) is 20.6 Å². The topological polar surface area (TPSA) is 90.1 Å². The number of carbonyl (C=O) groups excluding carboxylic acids is 1. The smallest absolute Gasteiger partial charge is 0.275 e. The van der Waals surface area contributed by atoms with Gasteiger partial charge in [-0.3, -0.25) is 19.6 Å². The molecule has 0 saturated heterocycles. The zero-order chi connectivity index (χ0) is 14.0. The SMILES string of the molecule is Cn1ncc(I)c1C(=O)Nc1ccc([N+](=O)[O-])cc1. The van der Waals surface area contributed by atoms with Crippen LogP contribution in [0.15, 0.2) is 30.5 Å². The fourth-order valence-electron chi connectivity index (χ4n) is 1.52. The zero-order valence-corrected chi connectivity index (χ0v) is 12.0. The Kier molecular flexibility index (Phi) is 3.79. The molecule has 1 aromatic carbocycles. The fraction of sp³-hybridized carbons (Fsp3) is 0.0909. The minimum Gasteiger partial charge on any atom is -0.321 e. The van der Waals surface area contributed by atoms with Gasteiger partial charge in [-0.05, 0) is 34.7 Å². The molecule has 0 unspecified atom stereocenters. The largest absolute Gasteiger partial charge is 0.321 e. The first kappa shape index (κ1) is 13.5. The maximum absolute atomic E-state index is 12.0. The molecular formula is C11H9IN4O3. The second kappa shape index (κ2) is 5.34. The fourth-order valence-corrected chi connectivity index (χ4v) is 2.24. The number of rotatable bonds is 3. The molecule has 2 aromatic rings. The van der Waals surface area contributed by atoms with E-state index in [1.807, 2.05) is 22.6 Å². The summed E-state index contributed by atoms with van der Waals surface area (Å²) in [7, 11) is 1.67. The van der Waals surface area contributed by atoms with Crippen molar-refractivity contribution in [2.45, 2.75) is 0 Å². The molecule has 1 aromatic heterocycles. The Morgan fingerprint density at radius 3 is 2.53 bits per heavy atom. The second-order valence-electron chi connectivity index (χ2n) is 3.72. The molecule has 19 heavy (non-hydrogen) atoms. The molecule has 7 nitrogen and oxygen atoms in total. The number of hydrogen-bond donors (Lipinski definition) is 1. The first-order valence-electron chi connectivity index (χ1n) is 5.22. The zero-order valence-electron chi connectivity index (χ0n) is 9.83. The van der Waals surface area contributed by atoms with Crippen molar-refractivity contribution in [1.82, 2.24) is 9.78 Å². The van der Waals surface area contributed by atoms with E-state index in [2.05, 4.69) is 10.4 Å². The van der Waals surface area contributed by atoms with E-state index in [1.54, 1.807) is 13.2 Å². The summed E-state index contributed by atoms with van der Waals surface area (Å²) in [6.07, 6.45) is 1.59. The molecule has 1 N–H and O–H groups in total. The lowest BCUT2D eigenvalue weighted by atomic mass is 10.2. The molecule has 1 amide bonds. The van der Waals surface area contributed by atoms with Gasteiger partial charge >= 0.3 is 0 Å². The first-order chi connectivity index (χ1) is 8.99. The number of aryl methyl sites for hydroxylation is 1. The van der Waals surface area contributed by atoms with Crippen molar-refractivity contribution in [2.24, 2.45) is 7.05 Å². The predicted molar refractivity (Wildman–Crippen MR) is 77.0 cm³/mol. The average molecular weight is 372 g/mol. The molecule has 0 fully saturated rings. The van der Waals surface area contributed by atoms with E-state index in [4.69, 9.17) is 0 Å². The normalized spacial score (nSPS) is 10.2. The van der Waals surface area contributed by atoms with Crippen molar-refractivity contribution in [3.05, 3.63) is 49.8 Å². The average Bonchev–Trinajstić information content (AvgIpc) is 2.69. The van der Waals surface area contributed by atoms with Crippen molar-refractivity contribution < 1.29 is 9.72 Å². The van der Waals surface area contributed by atoms with Gasteiger partial charge in [-0.1, -0.05) is 0 Å². The lowest BCUT2D eigenvalue weighted by Crippen LogP contribution is -2.17. The number of anilines is 1. The van der Waals surface area contributed by atoms with E-state index in [0.717, 1.165) is 3.57 Å². The summed E-state index contributed by atoms with van der Waals surface area (Å²) in [4.78, 5) is 22.1. The van der Waals surface area contributed by atoms with Crippen LogP contribution < -0.4 is 5.32 Å². The number of benzene rings is 1. The molecule has 8 heteroatoms. The molecule has 0 saturated carbocycles. The van der Waals surface area contributed by atoms with Gasteiger partial charge in [0.1, 0.15) is 5.69 Å². The highest BCUT2D eigenvalue weighted by molar-refractivity contribution is 14.1. The summed E-state index contributed by atoms with van der Waals surface area (Å²) in [5, 5.41) is 17.2. The molecular weight excluding hydrogens is 363 g/mol. The number of nitro groups is 1. The first-order valence-corrected chi connectivity index (χ1v) is 6.30. The predicted octanol–water partition coefficient (Wildman–Crippen LogP) is 2.19.